The van der Waals surface area contributed by atoms with E-state index in [0.29, 0.717) is 5.56 Å². The zero-order valence-electron chi connectivity index (χ0n) is 10.2. The Bertz CT molecular complexity index is 482. The average molecular weight is 289 g/mol. The molecule has 5 nitrogen and oxygen atoms in total. The summed E-state index contributed by atoms with van der Waals surface area (Å²) in [6, 6.07) is 3.30. The van der Waals surface area contributed by atoms with Crippen LogP contribution in [0.25, 0.3) is 0 Å². The standard InChI is InChI=1S/C12H14ClFN2O3/c1-7(8-2-3-10(14)9(13)6-8)16-12(19)15-5-4-11(17)18/h2-3,6-7H,4-5H2,1H3,(H,17,18)(H2,15,16,19). The number of halogens is 2. The smallest absolute Gasteiger partial charge is 0.315 e. The first-order chi connectivity index (χ1) is 8.90. The number of carbonyl (C=O) groups excluding carboxylic acids is 1. The molecule has 0 saturated carbocycles. The molecule has 19 heavy (non-hydrogen) atoms. The van der Waals surface area contributed by atoms with E-state index < -0.39 is 17.8 Å². The molecule has 1 atom stereocenters. The van der Waals surface area contributed by atoms with Crippen LogP contribution in [0.3, 0.4) is 0 Å². The highest BCUT2D eigenvalue weighted by Gasteiger charge is 2.11. The maximum atomic E-state index is 13.0. The van der Waals surface area contributed by atoms with Crippen LogP contribution in [-0.2, 0) is 4.79 Å². The van der Waals surface area contributed by atoms with E-state index in [9.17, 15) is 14.0 Å². The molecule has 1 rings (SSSR count). The van der Waals surface area contributed by atoms with E-state index in [4.69, 9.17) is 16.7 Å². The van der Waals surface area contributed by atoms with Crippen molar-refractivity contribution < 1.29 is 19.1 Å². The number of nitrogens with one attached hydrogen (secondary N) is 2. The Kier molecular flexibility index (Phi) is 5.57. The molecule has 7 heteroatoms. The van der Waals surface area contributed by atoms with E-state index >= 15 is 0 Å². The lowest BCUT2D eigenvalue weighted by Gasteiger charge is -2.15. The molecule has 0 heterocycles. The zero-order chi connectivity index (χ0) is 14.4. The van der Waals surface area contributed by atoms with Crippen molar-refractivity contribution in [2.45, 2.75) is 19.4 Å². The van der Waals surface area contributed by atoms with Crippen molar-refractivity contribution in [1.82, 2.24) is 10.6 Å². The number of amides is 2. The van der Waals surface area contributed by atoms with Crippen LogP contribution in [0.2, 0.25) is 5.02 Å². The van der Waals surface area contributed by atoms with Crippen LogP contribution in [0.4, 0.5) is 9.18 Å². The van der Waals surface area contributed by atoms with Crippen LogP contribution in [0.1, 0.15) is 24.9 Å². The van der Waals surface area contributed by atoms with Crippen LogP contribution >= 0.6 is 11.6 Å². The first-order valence-corrected chi connectivity index (χ1v) is 5.99. The highest BCUT2D eigenvalue weighted by atomic mass is 35.5. The molecule has 1 unspecified atom stereocenters. The summed E-state index contributed by atoms with van der Waals surface area (Å²) in [4.78, 5) is 21.7. The van der Waals surface area contributed by atoms with E-state index in [1.807, 2.05) is 0 Å². The zero-order valence-corrected chi connectivity index (χ0v) is 11.0. The fraction of sp³-hybridized carbons (Fsp3) is 0.333. The second-order valence-corrected chi connectivity index (χ2v) is 4.35. The summed E-state index contributed by atoms with van der Waals surface area (Å²) in [5.74, 6) is -1.51. The van der Waals surface area contributed by atoms with Gasteiger partial charge in [-0.25, -0.2) is 9.18 Å². The molecule has 0 aliphatic carbocycles. The summed E-state index contributed by atoms with van der Waals surface area (Å²) in [7, 11) is 0. The molecule has 2 amide bonds. The van der Waals surface area contributed by atoms with E-state index in [1.54, 1.807) is 6.92 Å². The first kappa shape index (κ1) is 15.2. The highest BCUT2D eigenvalue weighted by molar-refractivity contribution is 6.30. The van der Waals surface area contributed by atoms with Crippen LogP contribution in [0.5, 0.6) is 0 Å². The van der Waals surface area contributed by atoms with Gasteiger partial charge in [-0.05, 0) is 24.6 Å². The van der Waals surface area contributed by atoms with E-state index in [-0.39, 0.29) is 24.0 Å². The SMILES string of the molecule is CC(NC(=O)NCCC(=O)O)c1ccc(F)c(Cl)c1. The normalized spacial score (nSPS) is 11.7. The number of urea groups is 1. The predicted octanol–water partition coefficient (Wildman–Crippen LogP) is 2.31. The van der Waals surface area contributed by atoms with Gasteiger partial charge in [0.05, 0.1) is 17.5 Å². The van der Waals surface area contributed by atoms with Gasteiger partial charge in [-0.3, -0.25) is 4.79 Å². The Morgan fingerprint density at radius 1 is 1.47 bits per heavy atom. The topological polar surface area (TPSA) is 78.4 Å². The molecule has 0 aliphatic rings. The first-order valence-electron chi connectivity index (χ1n) is 5.61. The van der Waals surface area contributed by atoms with Crippen molar-refractivity contribution in [3.8, 4) is 0 Å². The number of hydrogen-bond acceptors (Lipinski definition) is 2. The van der Waals surface area contributed by atoms with Crippen LogP contribution in [0.15, 0.2) is 18.2 Å². The van der Waals surface area contributed by atoms with Gasteiger partial charge in [0.1, 0.15) is 5.82 Å². The second-order valence-electron chi connectivity index (χ2n) is 3.94. The molecule has 0 saturated heterocycles. The fourth-order valence-corrected chi connectivity index (χ4v) is 1.58. The van der Waals surface area contributed by atoms with Crippen LogP contribution in [0, 0.1) is 5.82 Å². The average Bonchev–Trinajstić information content (AvgIpc) is 2.32. The van der Waals surface area contributed by atoms with Crippen LogP contribution < -0.4 is 10.6 Å². The summed E-state index contributed by atoms with van der Waals surface area (Å²) in [5.41, 5.74) is 0.653. The van der Waals surface area contributed by atoms with Gasteiger partial charge in [0.2, 0.25) is 0 Å². The molecule has 0 radical (unpaired) electrons. The maximum Gasteiger partial charge on any atom is 0.315 e. The van der Waals surface area contributed by atoms with Gasteiger partial charge in [0, 0.05) is 6.54 Å². The lowest BCUT2D eigenvalue weighted by Crippen LogP contribution is -2.38. The molecule has 3 N–H and O–H groups in total. The highest BCUT2D eigenvalue weighted by Crippen LogP contribution is 2.20. The largest absolute Gasteiger partial charge is 0.481 e. The molecular weight excluding hydrogens is 275 g/mol. The Morgan fingerprint density at radius 2 is 2.16 bits per heavy atom. The number of aliphatic carboxylic acids is 1. The molecule has 0 fully saturated rings. The Balaban J connectivity index is 2.49. The van der Waals surface area contributed by atoms with Gasteiger partial charge < -0.3 is 15.7 Å². The Labute approximate surface area is 114 Å². The summed E-state index contributed by atoms with van der Waals surface area (Å²) >= 11 is 5.64. The van der Waals surface area contributed by atoms with Crippen molar-refractivity contribution in [2.24, 2.45) is 0 Å². The minimum Gasteiger partial charge on any atom is -0.481 e. The third-order valence-electron chi connectivity index (χ3n) is 2.42. The Hall–Kier alpha value is -1.82. The van der Waals surface area contributed by atoms with Gasteiger partial charge in [-0.2, -0.15) is 0 Å². The number of carbonyl (C=O) groups is 2. The van der Waals surface area contributed by atoms with E-state index in [2.05, 4.69) is 10.6 Å². The lowest BCUT2D eigenvalue weighted by atomic mass is 10.1. The number of rotatable bonds is 5. The molecule has 0 aromatic heterocycles. The van der Waals surface area contributed by atoms with Crippen molar-refractivity contribution in [3.05, 3.63) is 34.6 Å². The van der Waals surface area contributed by atoms with Crippen molar-refractivity contribution >= 4 is 23.6 Å². The lowest BCUT2D eigenvalue weighted by molar-refractivity contribution is -0.136. The monoisotopic (exact) mass is 288 g/mol. The second kappa shape index (κ2) is 6.94. The molecule has 0 bridgehead atoms. The van der Waals surface area contributed by atoms with E-state index in [1.165, 1.54) is 18.2 Å². The molecule has 0 spiro atoms. The van der Waals surface area contributed by atoms with Gasteiger partial charge in [-0.15, -0.1) is 0 Å². The number of benzene rings is 1. The molecule has 0 aliphatic heterocycles. The third-order valence-corrected chi connectivity index (χ3v) is 2.71. The van der Waals surface area contributed by atoms with Crippen molar-refractivity contribution in [1.29, 1.82) is 0 Å². The minimum atomic E-state index is -0.987. The fourth-order valence-electron chi connectivity index (χ4n) is 1.40. The predicted molar refractivity (Wildman–Crippen MR) is 68.6 cm³/mol. The van der Waals surface area contributed by atoms with Crippen molar-refractivity contribution in [3.63, 3.8) is 0 Å². The van der Waals surface area contributed by atoms with Crippen molar-refractivity contribution in [2.75, 3.05) is 6.54 Å². The number of carboxylic acids is 1. The summed E-state index contributed by atoms with van der Waals surface area (Å²) in [6.07, 6.45) is -0.149. The summed E-state index contributed by atoms with van der Waals surface area (Å²) in [5, 5.41) is 13.4. The quantitative estimate of drug-likeness (QED) is 0.778. The molecule has 1 aromatic rings. The Morgan fingerprint density at radius 3 is 2.74 bits per heavy atom. The van der Waals surface area contributed by atoms with E-state index in [0.717, 1.165) is 0 Å². The molecular formula is C12H14ClFN2O3. The molecule has 1 aromatic carbocycles. The molecule has 104 valence electrons. The van der Waals surface area contributed by atoms with Gasteiger partial charge in [0.15, 0.2) is 0 Å². The minimum absolute atomic E-state index is 0.0163. The maximum absolute atomic E-state index is 13.0. The summed E-state index contributed by atoms with van der Waals surface area (Å²) < 4.78 is 13.0. The summed E-state index contributed by atoms with van der Waals surface area (Å²) in [6.45, 7) is 1.75. The van der Waals surface area contributed by atoms with Crippen LogP contribution in [-0.4, -0.2) is 23.7 Å². The van der Waals surface area contributed by atoms with Gasteiger partial charge >= 0.3 is 12.0 Å². The number of hydrogen-bond donors (Lipinski definition) is 3. The third kappa shape index (κ3) is 5.13. The van der Waals surface area contributed by atoms with Gasteiger partial charge in [0.25, 0.3) is 0 Å². The number of carboxylic acid groups (broad SMARTS) is 1. The van der Waals surface area contributed by atoms with Gasteiger partial charge in [-0.1, -0.05) is 17.7 Å².